The van der Waals surface area contributed by atoms with E-state index in [9.17, 15) is 14.4 Å². The van der Waals surface area contributed by atoms with Crippen molar-refractivity contribution in [3.63, 3.8) is 0 Å². The van der Waals surface area contributed by atoms with Gasteiger partial charge in [0.1, 0.15) is 11.8 Å². The normalized spacial score (nSPS) is 18.7. The molecule has 2 aliphatic heterocycles. The van der Waals surface area contributed by atoms with Gasteiger partial charge in [-0.15, -0.1) is 0 Å². The van der Waals surface area contributed by atoms with Crippen LogP contribution in [0.5, 0.6) is 0 Å². The molecule has 0 spiro atoms. The summed E-state index contributed by atoms with van der Waals surface area (Å²) < 4.78 is 0. The van der Waals surface area contributed by atoms with E-state index in [-0.39, 0.29) is 23.9 Å². The second-order valence-electron chi connectivity index (χ2n) is 7.00. The van der Waals surface area contributed by atoms with Crippen LogP contribution in [0.15, 0.2) is 59.7 Å². The number of hydrogen-bond donors (Lipinski definition) is 2. The lowest BCUT2D eigenvalue weighted by Crippen LogP contribution is -2.39. The summed E-state index contributed by atoms with van der Waals surface area (Å²) in [6.07, 6.45) is 1.56. The lowest BCUT2D eigenvalue weighted by Gasteiger charge is -2.20. The number of carbonyl (C=O) groups excluding carboxylic acids is 3. The quantitative estimate of drug-likeness (QED) is 0.811. The van der Waals surface area contributed by atoms with E-state index in [0.717, 1.165) is 12.1 Å². The van der Waals surface area contributed by atoms with Gasteiger partial charge in [0.05, 0.1) is 5.69 Å². The van der Waals surface area contributed by atoms with Gasteiger partial charge in [-0.3, -0.25) is 19.4 Å². The number of rotatable bonds is 5. The number of hydrazone groups is 1. The van der Waals surface area contributed by atoms with E-state index in [2.05, 4.69) is 10.4 Å². The molecule has 8 nitrogen and oxygen atoms in total. The number of nitrogens with zero attached hydrogens (tertiary/aromatic N) is 3. The first-order chi connectivity index (χ1) is 14.0. The molecule has 2 aliphatic rings. The first-order valence-corrected chi connectivity index (χ1v) is 9.46. The molecule has 3 N–H and O–H groups in total. The zero-order valence-corrected chi connectivity index (χ0v) is 15.7. The Morgan fingerprint density at radius 2 is 1.76 bits per heavy atom. The van der Waals surface area contributed by atoms with Crippen molar-refractivity contribution in [3.8, 4) is 0 Å². The number of amides is 3. The number of carbonyl (C=O) groups is 3. The molecule has 148 valence electrons. The van der Waals surface area contributed by atoms with Crippen molar-refractivity contribution in [2.24, 2.45) is 10.8 Å². The van der Waals surface area contributed by atoms with Crippen molar-refractivity contribution in [1.82, 2.24) is 0 Å². The van der Waals surface area contributed by atoms with Gasteiger partial charge in [0.15, 0.2) is 0 Å². The van der Waals surface area contributed by atoms with Crippen molar-refractivity contribution in [2.75, 3.05) is 21.8 Å². The lowest BCUT2D eigenvalue weighted by atomic mass is 10.1. The number of benzene rings is 2. The van der Waals surface area contributed by atoms with Crippen LogP contribution in [0.3, 0.4) is 0 Å². The molecule has 2 aromatic rings. The number of nitrogens with two attached hydrogens (primary N) is 1. The third-order valence-corrected chi connectivity index (χ3v) is 5.03. The van der Waals surface area contributed by atoms with Crippen LogP contribution in [0.4, 0.5) is 17.1 Å². The number of anilines is 3. The SMILES string of the molecule is NC(=O)C1CC(C(=O)Nc2ccc(N3CCCC3=O)cc2)=NN1c1ccccc1. The van der Waals surface area contributed by atoms with Crippen LogP contribution < -0.4 is 21.0 Å². The van der Waals surface area contributed by atoms with Gasteiger partial charge in [-0.05, 0) is 42.8 Å². The third kappa shape index (κ3) is 3.82. The van der Waals surface area contributed by atoms with Gasteiger partial charge in [0.25, 0.3) is 5.91 Å². The molecule has 3 amide bonds. The van der Waals surface area contributed by atoms with Gasteiger partial charge >= 0.3 is 0 Å². The van der Waals surface area contributed by atoms with Crippen LogP contribution in [-0.4, -0.2) is 36.0 Å². The summed E-state index contributed by atoms with van der Waals surface area (Å²) in [7, 11) is 0. The molecule has 0 radical (unpaired) electrons. The van der Waals surface area contributed by atoms with Crippen molar-refractivity contribution in [3.05, 3.63) is 54.6 Å². The predicted octanol–water partition coefficient (Wildman–Crippen LogP) is 1.87. The van der Waals surface area contributed by atoms with Gasteiger partial charge in [-0.2, -0.15) is 5.10 Å². The molecule has 1 atom stereocenters. The minimum absolute atomic E-state index is 0.112. The summed E-state index contributed by atoms with van der Waals surface area (Å²) in [5.74, 6) is -0.819. The highest BCUT2D eigenvalue weighted by atomic mass is 16.2. The first kappa shape index (κ1) is 18.7. The number of para-hydroxylation sites is 1. The van der Waals surface area contributed by atoms with E-state index in [0.29, 0.717) is 24.3 Å². The standard InChI is InChI=1S/C21H21N5O3/c22-20(28)18-13-17(24-26(18)16-5-2-1-3-6-16)21(29)23-14-8-10-15(11-9-14)25-12-4-7-19(25)27/h1-3,5-6,8-11,18H,4,7,12-13H2,(H2,22,28)(H,23,29). The smallest absolute Gasteiger partial charge is 0.271 e. The van der Waals surface area contributed by atoms with Crippen LogP contribution >= 0.6 is 0 Å². The molecule has 1 saturated heterocycles. The lowest BCUT2D eigenvalue weighted by molar-refractivity contribution is -0.119. The van der Waals surface area contributed by atoms with Crippen LogP contribution in [0.25, 0.3) is 0 Å². The van der Waals surface area contributed by atoms with E-state index in [1.807, 2.05) is 18.2 Å². The van der Waals surface area contributed by atoms with Gasteiger partial charge in [-0.1, -0.05) is 18.2 Å². The zero-order valence-electron chi connectivity index (χ0n) is 15.7. The molecular formula is C21H21N5O3. The van der Waals surface area contributed by atoms with Gasteiger partial charge in [0, 0.05) is 30.8 Å². The Balaban J connectivity index is 1.48. The molecule has 0 bridgehead atoms. The highest BCUT2D eigenvalue weighted by Crippen LogP contribution is 2.26. The molecule has 2 aromatic carbocycles. The molecule has 1 fully saturated rings. The van der Waals surface area contributed by atoms with E-state index < -0.39 is 11.9 Å². The second-order valence-corrected chi connectivity index (χ2v) is 7.00. The summed E-state index contributed by atoms with van der Waals surface area (Å²) >= 11 is 0. The fourth-order valence-corrected chi connectivity index (χ4v) is 3.54. The maximum absolute atomic E-state index is 12.7. The van der Waals surface area contributed by atoms with E-state index in [1.165, 1.54) is 5.01 Å². The minimum Gasteiger partial charge on any atom is -0.368 e. The Morgan fingerprint density at radius 3 is 2.38 bits per heavy atom. The Kier molecular flexibility index (Phi) is 4.99. The maximum Gasteiger partial charge on any atom is 0.271 e. The Morgan fingerprint density at radius 1 is 1.03 bits per heavy atom. The summed E-state index contributed by atoms with van der Waals surface area (Å²) in [5.41, 5.74) is 7.83. The van der Waals surface area contributed by atoms with E-state index >= 15 is 0 Å². The summed E-state index contributed by atoms with van der Waals surface area (Å²) in [6, 6.07) is 15.5. The van der Waals surface area contributed by atoms with Crippen LogP contribution in [0.1, 0.15) is 19.3 Å². The summed E-state index contributed by atoms with van der Waals surface area (Å²) in [4.78, 5) is 38.1. The number of primary amides is 1. The van der Waals surface area contributed by atoms with Gasteiger partial charge in [0.2, 0.25) is 11.8 Å². The Bertz CT molecular complexity index is 972. The monoisotopic (exact) mass is 391 g/mol. The molecule has 1 unspecified atom stereocenters. The van der Waals surface area contributed by atoms with Crippen LogP contribution in [0.2, 0.25) is 0 Å². The van der Waals surface area contributed by atoms with Gasteiger partial charge in [-0.25, -0.2) is 0 Å². The zero-order chi connectivity index (χ0) is 20.4. The molecule has 0 aromatic heterocycles. The Labute approximate surface area is 168 Å². The maximum atomic E-state index is 12.7. The number of nitrogens with one attached hydrogen (secondary N) is 1. The molecule has 29 heavy (non-hydrogen) atoms. The highest BCUT2D eigenvalue weighted by molar-refractivity contribution is 6.44. The second kappa shape index (κ2) is 7.75. The molecule has 0 saturated carbocycles. The fourth-order valence-electron chi connectivity index (χ4n) is 3.54. The van der Waals surface area contributed by atoms with Crippen molar-refractivity contribution in [1.29, 1.82) is 0 Å². The Hall–Kier alpha value is -3.68. The van der Waals surface area contributed by atoms with Crippen molar-refractivity contribution < 1.29 is 14.4 Å². The number of hydrogen-bond acceptors (Lipinski definition) is 5. The van der Waals surface area contributed by atoms with E-state index in [1.54, 1.807) is 41.3 Å². The highest BCUT2D eigenvalue weighted by Gasteiger charge is 2.35. The molecule has 8 heteroatoms. The third-order valence-electron chi connectivity index (χ3n) is 5.03. The van der Waals surface area contributed by atoms with E-state index in [4.69, 9.17) is 5.73 Å². The molecule has 0 aliphatic carbocycles. The topological polar surface area (TPSA) is 108 Å². The fraction of sp³-hybridized carbons (Fsp3) is 0.238. The van der Waals surface area contributed by atoms with Crippen molar-refractivity contribution >= 4 is 40.5 Å². The first-order valence-electron chi connectivity index (χ1n) is 9.46. The van der Waals surface area contributed by atoms with Gasteiger partial charge < -0.3 is 16.0 Å². The van der Waals surface area contributed by atoms with Crippen molar-refractivity contribution in [2.45, 2.75) is 25.3 Å². The summed E-state index contributed by atoms with van der Waals surface area (Å²) in [6.45, 7) is 0.713. The minimum atomic E-state index is -0.707. The van der Waals surface area contributed by atoms with Crippen LogP contribution in [-0.2, 0) is 14.4 Å². The average Bonchev–Trinajstić information content (AvgIpc) is 3.36. The molecule has 2 heterocycles. The predicted molar refractivity (Wildman–Crippen MR) is 111 cm³/mol. The molecule has 4 rings (SSSR count). The average molecular weight is 391 g/mol. The molecular weight excluding hydrogens is 370 g/mol. The van der Waals surface area contributed by atoms with Crippen LogP contribution in [0, 0.1) is 0 Å². The largest absolute Gasteiger partial charge is 0.368 e. The summed E-state index contributed by atoms with van der Waals surface area (Å²) in [5, 5.41) is 8.61.